The third-order valence-electron chi connectivity index (χ3n) is 2.21. The lowest BCUT2D eigenvalue weighted by atomic mass is 10.2. The maximum Gasteiger partial charge on any atom is 0.225 e. The summed E-state index contributed by atoms with van der Waals surface area (Å²) in [5.74, 6) is 0.213. The molecule has 1 aromatic carbocycles. The zero-order valence-electron chi connectivity index (χ0n) is 10.3. The monoisotopic (exact) mass is 238 g/mol. The fourth-order valence-corrected chi connectivity index (χ4v) is 1.35. The highest BCUT2D eigenvalue weighted by Gasteiger charge is 2.02. The number of anilines is 1. The van der Waals surface area contributed by atoms with E-state index < -0.39 is 0 Å². The van der Waals surface area contributed by atoms with E-state index in [1.807, 2.05) is 0 Å². The molecule has 0 saturated heterocycles. The fraction of sp³-hybridized carbons (Fsp3) is 0.462. The van der Waals surface area contributed by atoms with Crippen LogP contribution in [0.2, 0.25) is 0 Å². The smallest absolute Gasteiger partial charge is 0.225 e. The van der Waals surface area contributed by atoms with Crippen molar-refractivity contribution in [3.05, 3.63) is 30.1 Å². The third kappa shape index (κ3) is 6.02. The predicted molar refractivity (Wildman–Crippen MR) is 67.4 cm³/mol. The average molecular weight is 238 g/mol. The van der Waals surface area contributed by atoms with Gasteiger partial charge in [0.05, 0.1) is 0 Å². The van der Waals surface area contributed by atoms with Crippen LogP contribution in [0.15, 0.2) is 24.3 Å². The summed E-state index contributed by atoms with van der Waals surface area (Å²) in [5, 5.41) is 5.90. The van der Waals surface area contributed by atoms with Gasteiger partial charge in [-0.3, -0.25) is 4.79 Å². The Kier molecular flexibility index (Phi) is 5.63. The first-order chi connectivity index (χ1) is 8.08. The lowest BCUT2D eigenvalue weighted by molar-refractivity contribution is -0.116. The molecule has 94 valence electrons. The molecule has 0 aromatic heterocycles. The minimum absolute atomic E-state index is 0.0622. The molecule has 0 unspecified atom stereocenters. The van der Waals surface area contributed by atoms with Gasteiger partial charge in [-0.25, -0.2) is 4.39 Å². The van der Waals surface area contributed by atoms with E-state index in [-0.39, 0.29) is 11.7 Å². The average Bonchev–Trinajstić information content (AvgIpc) is 2.27. The van der Waals surface area contributed by atoms with E-state index in [1.165, 1.54) is 12.1 Å². The third-order valence-corrected chi connectivity index (χ3v) is 2.21. The molecule has 0 aliphatic carbocycles. The molecule has 0 bridgehead atoms. The van der Waals surface area contributed by atoms with Gasteiger partial charge < -0.3 is 10.6 Å². The summed E-state index contributed by atoms with van der Waals surface area (Å²) in [7, 11) is 0. The maximum atomic E-state index is 12.6. The SMILES string of the molecule is CC(C)CNCCC(=O)Nc1ccc(F)cc1. The lowest BCUT2D eigenvalue weighted by Gasteiger charge is -2.08. The lowest BCUT2D eigenvalue weighted by Crippen LogP contribution is -2.24. The molecule has 0 aliphatic rings. The van der Waals surface area contributed by atoms with Gasteiger partial charge in [-0.2, -0.15) is 0 Å². The van der Waals surface area contributed by atoms with Crippen LogP contribution in [-0.4, -0.2) is 19.0 Å². The van der Waals surface area contributed by atoms with Crippen LogP contribution in [0.3, 0.4) is 0 Å². The molecule has 0 saturated carbocycles. The molecule has 0 atom stereocenters. The standard InChI is InChI=1S/C13H19FN2O/c1-10(2)9-15-8-7-13(17)16-12-5-3-11(14)4-6-12/h3-6,10,15H,7-9H2,1-2H3,(H,16,17). The minimum Gasteiger partial charge on any atom is -0.326 e. The molecule has 3 nitrogen and oxygen atoms in total. The van der Waals surface area contributed by atoms with Crippen LogP contribution >= 0.6 is 0 Å². The van der Waals surface area contributed by atoms with Crippen molar-refractivity contribution < 1.29 is 9.18 Å². The Morgan fingerprint density at radius 3 is 2.53 bits per heavy atom. The Morgan fingerprint density at radius 1 is 1.29 bits per heavy atom. The second kappa shape index (κ2) is 7.01. The van der Waals surface area contributed by atoms with Crippen molar-refractivity contribution in [3.8, 4) is 0 Å². The number of carbonyl (C=O) groups excluding carboxylic acids is 1. The van der Waals surface area contributed by atoms with E-state index >= 15 is 0 Å². The summed E-state index contributed by atoms with van der Waals surface area (Å²) >= 11 is 0. The predicted octanol–water partition coefficient (Wildman–Crippen LogP) is 2.40. The second-order valence-corrected chi connectivity index (χ2v) is 4.40. The van der Waals surface area contributed by atoms with E-state index in [4.69, 9.17) is 0 Å². The second-order valence-electron chi connectivity index (χ2n) is 4.40. The summed E-state index contributed by atoms with van der Waals surface area (Å²) in [6, 6.07) is 5.75. The zero-order valence-corrected chi connectivity index (χ0v) is 10.3. The number of amides is 1. The summed E-state index contributed by atoms with van der Waals surface area (Å²) in [5.41, 5.74) is 0.625. The molecule has 0 heterocycles. The Bertz CT molecular complexity index is 349. The summed E-state index contributed by atoms with van der Waals surface area (Å²) < 4.78 is 12.6. The number of benzene rings is 1. The molecule has 1 aromatic rings. The summed E-state index contributed by atoms with van der Waals surface area (Å²) in [6.45, 7) is 5.80. The maximum absolute atomic E-state index is 12.6. The molecule has 1 rings (SSSR count). The number of rotatable bonds is 6. The van der Waals surface area contributed by atoms with Crippen molar-refractivity contribution in [1.29, 1.82) is 0 Å². The minimum atomic E-state index is -0.304. The van der Waals surface area contributed by atoms with E-state index in [0.29, 0.717) is 24.6 Å². The van der Waals surface area contributed by atoms with Crippen LogP contribution in [0.1, 0.15) is 20.3 Å². The Balaban J connectivity index is 2.23. The zero-order chi connectivity index (χ0) is 12.7. The molecule has 0 radical (unpaired) electrons. The first-order valence-corrected chi connectivity index (χ1v) is 5.84. The van der Waals surface area contributed by atoms with Gasteiger partial charge in [0.2, 0.25) is 5.91 Å². The van der Waals surface area contributed by atoms with Gasteiger partial charge >= 0.3 is 0 Å². The van der Waals surface area contributed by atoms with Gasteiger partial charge in [0.25, 0.3) is 0 Å². The van der Waals surface area contributed by atoms with Crippen LogP contribution < -0.4 is 10.6 Å². The number of hydrogen-bond acceptors (Lipinski definition) is 2. The van der Waals surface area contributed by atoms with Crippen LogP contribution in [0.5, 0.6) is 0 Å². The topological polar surface area (TPSA) is 41.1 Å². The van der Waals surface area contributed by atoms with Crippen LogP contribution in [0.4, 0.5) is 10.1 Å². The summed E-state index contributed by atoms with van der Waals surface area (Å²) in [6.07, 6.45) is 0.421. The highest BCUT2D eigenvalue weighted by atomic mass is 19.1. The van der Waals surface area contributed by atoms with Crippen molar-refractivity contribution in [2.45, 2.75) is 20.3 Å². The van der Waals surface area contributed by atoms with Gasteiger partial charge in [-0.15, -0.1) is 0 Å². The van der Waals surface area contributed by atoms with Gasteiger partial charge in [0, 0.05) is 18.7 Å². The number of hydrogen-bond donors (Lipinski definition) is 2. The molecule has 0 aliphatic heterocycles. The molecule has 4 heteroatoms. The van der Waals surface area contributed by atoms with Crippen molar-refractivity contribution in [1.82, 2.24) is 5.32 Å². The number of carbonyl (C=O) groups is 1. The van der Waals surface area contributed by atoms with Gasteiger partial charge in [-0.05, 0) is 36.7 Å². The van der Waals surface area contributed by atoms with E-state index in [9.17, 15) is 9.18 Å². The molecular weight excluding hydrogens is 219 g/mol. The molecular formula is C13H19FN2O. The first-order valence-electron chi connectivity index (χ1n) is 5.84. The first kappa shape index (κ1) is 13.6. The van der Waals surface area contributed by atoms with Gasteiger partial charge in [0.15, 0.2) is 0 Å². The number of nitrogens with one attached hydrogen (secondary N) is 2. The van der Waals surface area contributed by atoms with Crippen molar-refractivity contribution in [3.63, 3.8) is 0 Å². The van der Waals surface area contributed by atoms with E-state index in [1.54, 1.807) is 12.1 Å². The van der Waals surface area contributed by atoms with Gasteiger partial charge in [0.1, 0.15) is 5.82 Å². The molecule has 2 N–H and O–H groups in total. The van der Waals surface area contributed by atoms with E-state index in [2.05, 4.69) is 24.5 Å². The number of halogens is 1. The van der Waals surface area contributed by atoms with Crippen molar-refractivity contribution in [2.75, 3.05) is 18.4 Å². The quantitative estimate of drug-likeness (QED) is 0.747. The highest BCUT2D eigenvalue weighted by Crippen LogP contribution is 2.08. The Hall–Kier alpha value is -1.42. The van der Waals surface area contributed by atoms with Gasteiger partial charge in [-0.1, -0.05) is 13.8 Å². The molecule has 0 fully saturated rings. The van der Waals surface area contributed by atoms with Crippen LogP contribution in [0.25, 0.3) is 0 Å². The Labute approximate surface area is 101 Å². The Morgan fingerprint density at radius 2 is 1.94 bits per heavy atom. The van der Waals surface area contributed by atoms with Crippen LogP contribution in [-0.2, 0) is 4.79 Å². The molecule has 1 amide bonds. The molecule has 17 heavy (non-hydrogen) atoms. The van der Waals surface area contributed by atoms with E-state index in [0.717, 1.165) is 6.54 Å². The normalized spacial score (nSPS) is 10.6. The van der Waals surface area contributed by atoms with Crippen molar-refractivity contribution >= 4 is 11.6 Å². The fourth-order valence-electron chi connectivity index (χ4n) is 1.35. The van der Waals surface area contributed by atoms with Crippen LogP contribution in [0, 0.1) is 11.7 Å². The summed E-state index contributed by atoms with van der Waals surface area (Å²) in [4.78, 5) is 11.5. The van der Waals surface area contributed by atoms with Crippen molar-refractivity contribution in [2.24, 2.45) is 5.92 Å². The molecule has 0 spiro atoms. The highest BCUT2D eigenvalue weighted by molar-refractivity contribution is 5.90. The largest absolute Gasteiger partial charge is 0.326 e.